The Kier molecular flexibility index (Phi) is 6.30. The number of anilines is 1. The fourth-order valence-corrected chi connectivity index (χ4v) is 2.52. The van der Waals surface area contributed by atoms with E-state index in [1.165, 1.54) is 6.33 Å². The predicted molar refractivity (Wildman–Crippen MR) is 93.0 cm³/mol. The molecule has 7 nitrogen and oxygen atoms in total. The zero-order chi connectivity index (χ0) is 17.3. The van der Waals surface area contributed by atoms with Crippen LogP contribution in [0, 0.1) is 0 Å². The lowest BCUT2D eigenvalue weighted by atomic mass is 10.2. The van der Waals surface area contributed by atoms with Gasteiger partial charge in [-0.3, -0.25) is 4.79 Å². The Hall–Kier alpha value is -2.51. The van der Waals surface area contributed by atoms with Crippen LogP contribution in [0.15, 0.2) is 42.7 Å². The summed E-state index contributed by atoms with van der Waals surface area (Å²) >= 11 is 0. The Morgan fingerprint density at radius 2 is 2.00 bits per heavy atom. The van der Waals surface area contributed by atoms with Gasteiger partial charge in [-0.15, -0.1) is 0 Å². The molecule has 1 aromatic carbocycles. The van der Waals surface area contributed by atoms with E-state index in [2.05, 4.69) is 20.2 Å². The molecule has 1 N–H and O–H groups in total. The number of ether oxygens (including phenoxy) is 2. The van der Waals surface area contributed by atoms with E-state index in [1.807, 2.05) is 36.4 Å². The van der Waals surface area contributed by atoms with Crippen LogP contribution in [0.5, 0.6) is 0 Å². The molecule has 2 heterocycles. The number of benzene rings is 1. The highest BCUT2D eigenvalue weighted by atomic mass is 16.5. The molecule has 1 fully saturated rings. The molecule has 7 heteroatoms. The van der Waals surface area contributed by atoms with Crippen LogP contribution in [-0.2, 0) is 27.4 Å². The van der Waals surface area contributed by atoms with Gasteiger partial charge in [-0.25, -0.2) is 9.97 Å². The van der Waals surface area contributed by atoms with Gasteiger partial charge in [0.15, 0.2) is 0 Å². The molecule has 25 heavy (non-hydrogen) atoms. The second kappa shape index (κ2) is 9.10. The van der Waals surface area contributed by atoms with Crippen molar-refractivity contribution in [3.8, 4) is 0 Å². The molecule has 3 rings (SSSR count). The zero-order valence-corrected chi connectivity index (χ0v) is 14.1. The molecular weight excluding hydrogens is 320 g/mol. The van der Waals surface area contributed by atoms with Crippen LogP contribution in [0.4, 0.5) is 5.82 Å². The number of aromatic nitrogens is 2. The number of carbonyl (C=O) groups excluding carboxylic acids is 1. The zero-order valence-electron chi connectivity index (χ0n) is 14.1. The normalized spacial score (nSPS) is 14.3. The first kappa shape index (κ1) is 17.3. The van der Waals surface area contributed by atoms with Gasteiger partial charge in [-0.1, -0.05) is 30.3 Å². The monoisotopic (exact) mass is 342 g/mol. The number of nitrogens with one attached hydrogen (secondary N) is 1. The molecule has 0 atom stereocenters. The lowest BCUT2D eigenvalue weighted by Gasteiger charge is -2.27. The third kappa shape index (κ3) is 5.51. The molecule has 0 radical (unpaired) electrons. The summed E-state index contributed by atoms with van der Waals surface area (Å²) < 4.78 is 10.8. The van der Waals surface area contributed by atoms with Gasteiger partial charge in [-0.05, 0) is 5.56 Å². The summed E-state index contributed by atoms with van der Waals surface area (Å²) in [4.78, 5) is 22.5. The molecule has 0 spiro atoms. The van der Waals surface area contributed by atoms with Crippen molar-refractivity contribution >= 4 is 11.7 Å². The van der Waals surface area contributed by atoms with E-state index < -0.39 is 0 Å². The number of rotatable bonds is 7. The van der Waals surface area contributed by atoms with Crippen LogP contribution in [0.2, 0.25) is 0 Å². The minimum absolute atomic E-state index is 0.0241. The fourth-order valence-electron chi connectivity index (χ4n) is 2.52. The van der Waals surface area contributed by atoms with E-state index in [4.69, 9.17) is 9.47 Å². The van der Waals surface area contributed by atoms with E-state index >= 15 is 0 Å². The van der Waals surface area contributed by atoms with Crippen molar-refractivity contribution in [1.82, 2.24) is 15.3 Å². The number of carbonyl (C=O) groups is 1. The average Bonchev–Trinajstić information content (AvgIpc) is 2.68. The van der Waals surface area contributed by atoms with Crippen LogP contribution in [0.25, 0.3) is 0 Å². The Morgan fingerprint density at radius 3 is 2.80 bits per heavy atom. The van der Waals surface area contributed by atoms with Gasteiger partial charge in [0, 0.05) is 19.2 Å². The largest absolute Gasteiger partial charge is 0.378 e. The van der Waals surface area contributed by atoms with Crippen LogP contribution >= 0.6 is 0 Å². The predicted octanol–water partition coefficient (Wildman–Crippen LogP) is 1.15. The van der Waals surface area contributed by atoms with Crippen molar-refractivity contribution in [2.24, 2.45) is 0 Å². The summed E-state index contributed by atoms with van der Waals surface area (Å²) in [6.45, 7) is 3.84. The summed E-state index contributed by atoms with van der Waals surface area (Å²) in [6, 6.07) is 11.7. The van der Waals surface area contributed by atoms with Crippen molar-refractivity contribution in [2.75, 3.05) is 37.8 Å². The van der Waals surface area contributed by atoms with Crippen LogP contribution in [0.1, 0.15) is 11.3 Å². The Labute approximate surface area is 147 Å². The Morgan fingerprint density at radius 1 is 1.20 bits per heavy atom. The lowest BCUT2D eigenvalue weighted by molar-refractivity contribution is -0.126. The van der Waals surface area contributed by atoms with E-state index in [-0.39, 0.29) is 12.5 Å². The van der Waals surface area contributed by atoms with Crippen molar-refractivity contribution in [2.45, 2.75) is 13.2 Å². The second-order valence-electron chi connectivity index (χ2n) is 5.72. The Bertz CT molecular complexity index is 675. The van der Waals surface area contributed by atoms with Crippen molar-refractivity contribution < 1.29 is 14.3 Å². The quantitative estimate of drug-likeness (QED) is 0.813. The van der Waals surface area contributed by atoms with E-state index in [9.17, 15) is 4.79 Å². The SMILES string of the molecule is O=C(COCc1ccccc1)NCc1cc(N2CCOCC2)ncn1. The number of hydrogen-bond donors (Lipinski definition) is 1. The average molecular weight is 342 g/mol. The van der Waals surface area contributed by atoms with Gasteiger partial charge in [0.1, 0.15) is 18.8 Å². The molecule has 0 aliphatic carbocycles. The fraction of sp³-hybridized carbons (Fsp3) is 0.389. The van der Waals surface area contributed by atoms with Crippen LogP contribution in [0.3, 0.4) is 0 Å². The molecule has 132 valence electrons. The molecule has 1 saturated heterocycles. The molecule has 1 aliphatic rings. The van der Waals surface area contributed by atoms with Gasteiger partial charge in [0.25, 0.3) is 0 Å². The second-order valence-corrected chi connectivity index (χ2v) is 5.72. The molecule has 2 aromatic rings. The molecular formula is C18H22N4O3. The summed E-state index contributed by atoms with van der Waals surface area (Å²) in [5.41, 5.74) is 1.81. The van der Waals surface area contributed by atoms with Gasteiger partial charge >= 0.3 is 0 Å². The molecule has 1 aromatic heterocycles. The van der Waals surface area contributed by atoms with E-state index in [0.29, 0.717) is 26.4 Å². The maximum atomic E-state index is 11.9. The van der Waals surface area contributed by atoms with Crippen LogP contribution < -0.4 is 10.2 Å². The van der Waals surface area contributed by atoms with E-state index in [1.54, 1.807) is 0 Å². The maximum Gasteiger partial charge on any atom is 0.246 e. The third-order valence-corrected chi connectivity index (χ3v) is 3.86. The summed E-state index contributed by atoms with van der Waals surface area (Å²) in [5, 5.41) is 2.82. The first-order valence-corrected chi connectivity index (χ1v) is 8.33. The first-order chi connectivity index (χ1) is 12.3. The highest BCUT2D eigenvalue weighted by molar-refractivity contribution is 5.77. The molecule has 0 unspecified atom stereocenters. The van der Waals surface area contributed by atoms with E-state index in [0.717, 1.165) is 30.2 Å². The smallest absolute Gasteiger partial charge is 0.246 e. The molecule has 0 bridgehead atoms. The number of nitrogens with zero attached hydrogens (tertiary/aromatic N) is 3. The van der Waals surface area contributed by atoms with Gasteiger partial charge in [-0.2, -0.15) is 0 Å². The standard InChI is InChI=1S/C18H22N4O3/c23-18(13-25-12-15-4-2-1-3-5-15)19-11-16-10-17(21-14-20-16)22-6-8-24-9-7-22/h1-5,10,14H,6-9,11-13H2,(H,19,23). The van der Waals surface area contributed by atoms with Gasteiger partial charge in [0.05, 0.1) is 32.1 Å². The molecule has 1 amide bonds. The number of amides is 1. The molecule has 0 saturated carbocycles. The minimum Gasteiger partial charge on any atom is -0.378 e. The van der Waals surface area contributed by atoms with Crippen LogP contribution in [-0.4, -0.2) is 48.8 Å². The topological polar surface area (TPSA) is 76.6 Å². The first-order valence-electron chi connectivity index (χ1n) is 8.33. The third-order valence-electron chi connectivity index (χ3n) is 3.86. The summed E-state index contributed by atoms with van der Waals surface area (Å²) in [6.07, 6.45) is 1.53. The number of morpholine rings is 1. The molecule has 1 aliphatic heterocycles. The lowest BCUT2D eigenvalue weighted by Crippen LogP contribution is -2.37. The minimum atomic E-state index is -0.164. The van der Waals surface area contributed by atoms with Crippen molar-refractivity contribution in [1.29, 1.82) is 0 Å². The Balaban J connectivity index is 1.42. The summed E-state index contributed by atoms with van der Waals surface area (Å²) in [5.74, 6) is 0.699. The summed E-state index contributed by atoms with van der Waals surface area (Å²) in [7, 11) is 0. The van der Waals surface area contributed by atoms with Gasteiger partial charge < -0.3 is 19.7 Å². The number of hydrogen-bond acceptors (Lipinski definition) is 6. The van der Waals surface area contributed by atoms with Crippen molar-refractivity contribution in [3.63, 3.8) is 0 Å². The highest BCUT2D eigenvalue weighted by Gasteiger charge is 2.13. The maximum absolute atomic E-state index is 11.9. The van der Waals surface area contributed by atoms with Gasteiger partial charge in [0.2, 0.25) is 5.91 Å². The van der Waals surface area contributed by atoms with Crippen molar-refractivity contribution in [3.05, 3.63) is 54.0 Å². The highest BCUT2D eigenvalue weighted by Crippen LogP contribution is 2.12.